The van der Waals surface area contributed by atoms with E-state index in [0.29, 0.717) is 11.1 Å². The third kappa shape index (κ3) is 7.88. The van der Waals surface area contributed by atoms with Crippen LogP contribution in [0.3, 0.4) is 0 Å². The van der Waals surface area contributed by atoms with Crippen molar-refractivity contribution in [3.05, 3.63) is 65.0 Å². The number of hydrogen-bond donors (Lipinski definition) is 2. The molecule has 2 N–H and O–H groups in total. The van der Waals surface area contributed by atoms with Gasteiger partial charge in [0.25, 0.3) is 0 Å². The topological polar surface area (TPSA) is 84.5 Å². The van der Waals surface area contributed by atoms with Crippen molar-refractivity contribution in [1.29, 1.82) is 0 Å². The van der Waals surface area contributed by atoms with Crippen LogP contribution in [0, 0.1) is 5.82 Å². The molecule has 174 valence electrons. The number of amides is 1. The van der Waals surface area contributed by atoms with Gasteiger partial charge in [-0.25, -0.2) is 12.8 Å². The fourth-order valence-electron chi connectivity index (χ4n) is 2.68. The molecule has 32 heavy (non-hydrogen) atoms. The molecule has 0 aliphatic carbocycles. The zero-order chi connectivity index (χ0) is 23.9. The summed E-state index contributed by atoms with van der Waals surface area (Å²) >= 11 is 0. The molecule has 0 saturated heterocycles. The summed E-state index contributed by atoms with van der Waals surface area (Å²) in [7, 11) is -3.61. The molecule has 0 aliphatic rings. The van der Waals surface area contributed by atoms with Gasteiger partial charge in [0.1, 0.15) is 11.6 Å². The third-order valence-electron chi connectivity index (χ3n) is 4.10. The molecule has 2 aromatic rings. The first kappa shape index (κ1) is 25.2. The molecule has 0 saturated carbocycles. The van der Waals surface area contributed by atoms with E-state index in [1.807, 2.05) is 0 Å². The highest BCUT2D eigenvalue weighted by molar-refractivity contribution is 7.92. The van der Waals surface area contributed by atoms with Crippen molar-refractivity contribution in [2.75, 3.05) is 24.1 Å². The largest absolute Gasteiger partial charge is 0.493 e. The summed E-state index contributed by atoms with van der Waals surface area (Å²) in [5, 5.41) is 2.58. The van der Waals surface area contributed by atoms with E-state index < -0.39 is 33.5 Å². The Bertz CT molecular complexity index is 1100. The summed E-state index contributed by atoms with van der Waals surface area (Å²) in [6.07, 6.45) is -0.827. The van der Waals surface area contributed by atoms with Crippen LogP contribution in [-0.4, -0.2) is 33.7 Å². The molecule has 0 bridgehead atoms. The van der Waals surface area contributed by atoms with Gasteiger partial charge in [0.2, 0.25) is 15.9 Å². The monoisotopic (exact) mass is 474 g/mol. The number of halogens is 4. The second kappa shape index (κ2) is 10.5. The van der Waals surface area contributed by atoms with Crippen LogP contribution in [0.4, 0.5) is 23.2 Å². The van der Waals surface area contributed by atoms with E-state index in [2.05, 4.69) is 10.0 Å². The first-order valence-electron chi connectivity index (χ1n) is 9.45. The Morgan fingerprint density at radius 2 is 1.88 bits per heavy atom. The molecule has 0 fully saturated rings. The van der Waals surface area contributed by atoms with Crippen LogP contribution in [0.15, 0.2) is 42.5 Å². The third-order valence-corrected chi connectivity index (χ3v) is 4.69. The standard InChI is InChI=1S/C21H22F4N2O4S/c1-3-31-19-13-16(21(23,24)25)7-5-15(19)6-9-20(28)26-11-10-14-4-8-18(17(22)12-14)27-32(2,29)30/h4-9,12-13,27H,3,10-11H2,1-2H3,(H,26,28). The quantitative estimate of drug-likeness (QED) is 0.425. The predicted molar refractivity (Wildman–Crippen MR) is 113 cm³/mol. The van der Waals surface area contributed by atoms with Crippen molar-refractivity contribution in [3.8, 4) is 5.75 Å². The number of rotatable bonds is 9. The summed E-state index contributed by atoms with van der Waals surface area (Å²) in [5.41, 5.74) is -0.185. The lowest BCUT2D eigenvalue weighted by molar-refractivity contribution is -0.137. The van der Waals surface area contributed by atoms with Crippen molar-refractivity contribution in [1.82, 2.24) is 5.32 Å². The average Bonchev–Trinajstić information content (AvgIpc) is 2.67. The van der Waals surface area contributed by atoms with Crippen molar-refractivity contribution in [2.24, 2.45) is 0 Å². The van der Waals surface area contributed by atoms with E-state index in [4.69, 9.17) is 4.74 Å². The lowest BCUT2D eigenvalue weighted by atomic mass is 10.1. The highest BCUT2D eigenvalue weighted by Crippen LogP contribution is 2.33. The van der Waals surface area contributed by atoms with Crippen LogP contribution in [-0.2, 0) is 27.4 Å². The van der Waals surface area contributed by atoms with Crippen molar-refractivity contribution >= 4 is 27.7 Å². The summed E-state index contributed by atoms with van der Waals surface area (Å²) in [6, 6.07) is 6.95. The zero-order valence-corrected chi connectivity index (χ0v) is 18.1. The maximum atomic E-state index is 14.0. The highest BCUT2D eigenvalue weighted by atomic mass is 32.2. The fourth-order valence-corrected chi connectivity index (χ4v) is 3.24. The summed E-state index contributed by atoms with van der Waals surface area (Å²) < 4.78 is 82.2. The number of anilines is 1. The van der Waals surface area contributed by atoms with Gasteiger partial charge in [-0.15, -0.1) is 0 Å². The zero-order valence-electron chi connectivity index (χ0n) is 17.3. The number of sulfonamides is 1. The normalized spacial score (nSPS) is 12.1. The van der Waals surface area contributed by atoms with Gasteiger partial charge in [-0.3, -0.25) is 9.52 Å². The van der Waals surface area contributed by atoms with Gasteiger partial charge in [0, 0.05) is 18.2 Å². The Balaban J connectivity index is 1.96. The Morgan fingerprint density at radius 3 is 2.47 bits per heavy atom. The van der Waals surface area contributed by atoms with Crippen LogP contribution in [0.2, 0.25) is 0 Å². The minimum atomic E-state index is -4.51. The summed E-state index contributed by atoms with van der Waals surface area (Å²) in [6.45, 7) is 1.95. The van der Waals surface area contributed by atoms with Gasteiger partial charge < -0.3 is 10.1 Å². The Kier molecular flexibility index (Phi) is 8.25. The average molecular weight is 474 g/mol. The number of hydrogen-bond acceptors (Lipinski definition) is 4. The number of carbonyl (C=O) groups is 1. The fraction of sp³-hybridized carbons (Fsp3) is 0.286. The highest BCUT2D eigenvalue weighted by Gasteiger charge is 2.31. The van der Waals surface area contributed by atoms with Crippen molar-refractivity contribution in [2.45, 2.75) is 19.5 Å². The number of ether oxygens (including phenoxy) is 1. The molecular formula is C21H22F4N2O4S. The van der Waals surface area contributed by atoms with Crippen molar-refractivity contribution in [3.63, 3.8) is 0 Å². The van der Waals surface area contributed by atoms with Crippen LogP contribution < -0.4 is 14.8 Å². The molecule has 0 unspecified atom stereocenters. The molecule has 0 aromatic heterocycles. The smallest absolute Gasteiger partial charge is 0.416 e. The number of benzene rings is 2. The van der Waals surface area contributed by atoms with Gasteiger partial charge in [-0.1, -0.05) is 12.1 Å². The van der Waals surface area contributed by atoms with Crippen molar-refractivity contribution < 1.29 is 35.5 Å². The van der Waals surface area contributed by atoms with Crippen LogP contribution in [0.5, 0.6) is 5.75 Å². The van der Waals surface area contributed by atoms with Gasteiger partial charge in [-0.2, -0.15) is 13.2 Å². The lowest BCUT2D eigenvalue weighted by Gasteiger charge is -2.12. The summed E-state index contributed by atoms with van der Waals surface area (Å²) in [5.74, 6) is -1.24. The molecule has 0 aliphatic heterocycles. The van der Waals surface area contributed by atoms with E-state index in [9.17, 15) is 30.8 Å². The van der Waals surface area contributed by atoms with Crippen LogP contribution in [0.1, 0.15) is 23.6 Å². The minimum Gasteiger partial charge on any atom is -0.493 e. The van der Waals surface area contributed by atoms with E-state index in [1.54, 1.807) is 6.92 Å². The number of alkyl halides is 3. The first-order chi connectivity index (χ1) is 14.9. The molecule has 1 amide bonds. The Morgan fingerprint density at radius 1 is 1.16 bits per heavy atom. The van der Waals surface area contributed by atoms with E-state index in [-0.39, 0.29) is 31.0 Å². The molecule has 2 rings (SSSR count). The number of carbonyl (C=O) groups excluding carboxylic acids is 1. The molecule has 6 nitrogen and oxygen atoms in total. The molecule has 0 spiro atoms. The van der Waals surface area contributed by atoms with Gasteiger partial charge in [-0.05, 0) is 49.2 Å². The second-order valence-electron chi connectivity index (χ2n) is 6.75. The molecule has 11 heteroatoms. The minimum absolute atomic E-state index is 0.00430. The van der Waals surface area contributed by atoms with E-state index >= 15 is 0 Å². The molecule has 0 atom stereocenters. The van der Waals surface area contributed by atoms with Crippen LogP contribution >= 0.6 is 0 Å². The second-order valence-corrected chi connectivity index (χ2v) is 8.49. The molecule has 0 heterocycles. The predicted octanol–water partition coefficient (Wildman–Crippen LogP) is 3.99. The Hall–Kier alpha value is -3.08. The maximum Gasteiger partial charge on any atom is 0.416 e. The SMILES string of the molecule is CCOc1cc(C(F)(F)F)ccc1C=CC(=O)NCCc1ccc(NS(C)(=O)=O)c(F)c1. The molecular weight excluding hydrogens is 452 g/mol. The van der Waals surface area contributed by atoms with Gasteiger partial charge in [0.05, 0.1) is 24.1 Å². The Labute approximate surface area is 183 Å². The molecule has 2 aromatic carbocycles. The summed E-state index contributed by atoms with van der Waals surface area (Å²) in [4.78, 5) is 12.0. The maximum absolute atomic E-state index is 14.0. The van der Waals surface area contributed by atoms with E-state index in [1.165, 1.54) is 24.3 Å². The van der Waals surface area contributed by atoms with Crippen LogP contribution in [0.25, 0.3) is 6.08 Å². The van der Waals surface area contributed by atoms with E-state index in [0.717, 1.165) is 30.5 Å². The molecule has 0 radical (unpaired) electrons. The van der Waals surface area contributed by atoms with Gasteiger partial charge >= 0.3 is 6.18 Å². The first-order valence-corrected chi connectivity index (χ1v) is 11.3. The van der Waals surface area contributed by atoms with Gasteiger partial charge in [0.15, 0.2) is 0 Å². The number of nitrogens with one attached hydrogen (secondary N) is 2. The lowest BCUT2D eigenvalue weighted by Crippen LogP contribution is -2.23.